The average Bonchev–Trinajstić information content (AvgIpc) is 2.87. The van der Waals surface area contributed by atoms with E-state index in [1.807, 2.05) is 35.8 Å². The van der Waals surface area contributed by atoms with Gasteiger partial charge in [0, 0.05) is 12.5 Å². The average molecular weight is 300 g/mol. The zero-order valence-corrected chi connectivity index (χ0v) is 12.9. The highest BCUT2D eigenvalue weighted by Crippen LogP contribution is 2.32. The summed E-state index contributed by atoms with van der Waals surface area (Å²) in [4.78, 5) is 9.02. The van der Waals surface area contributed by atoms with Gasteiger partial charge in [-0.25, -0.2) is 9.97 Å². The molecule has 2 heterocycles. The summed E-state index contributed by atoms with van der Waals surface area (Å²) in [5, 5.41) is 11.0. The molecule has 116 valence electrons. The van der Waals surface area contributed by atoms with Crippen LogP contribution in [0.5, 0.6) is 0 Å². The van der Waals surface area contributed by atoms with Crippen LogP contribution in [0.15, 0.2) is 24.3 Å². The minimum absolute atomic E-state index is 0.152. The molecule has 6 heteroatoms. The molecule has 0 bridgehead atoms. The minimum Gasteiger partial charge on any atom is -0.391 e. The first kappa shape index (κ1) is 14.7. The van der Waals surface area contributed by atoms with Gasteiger partial charge in [0.25, 0.3) is 0 Å². The fourth-order valence-corrected chi connectivity index (χ4v) is 2.75. The van der Waals surface area contributed by atoms with E-state index in [1.165, 1.54) is 0 Å². The smallest absolute Gasteiger partial charge is 0.152 e. The lowest BCUT2D eigenvalue weighted by Crippen LogP contribution is -2.20. The van der Waals surface area contributed by atoms with Gasteiger partial charge in [0.05, 0.1) is 23.2 Å². The SMILES string of the molecule is COCc1nc2c(N)nc3ccccc3c2n1C(C)C(C)O. The lowest BCUT2D eigenvalue weighted by molar-refractivity contribution is 0.129. The van der Waals surface area contributed by atoms with E-state index in [0.29, 0.717) is 17.9 Å². The van der Waals surface area contributed by atoms with Gasteiger partial charge in [-0.05, 0) is 19.9 Å². The van der Waals surface area contributed by atoms with E-state index in [4.69, 9.17) is 10.5 Å². The first-order valence-electron chi connectivity index (χ1n) is 7.26. The Balaban J connectivity index is 2.44. The molecule has 0 aliphatic carbocycles. The largest absolute Gasteiger partial charge is 0.391 e. The summed E-state index contributed by atoms with van der Waals surface area (Å²) in [5.74, 6) is 1.12. The number of imidazole rings is 1. The monoisotopic (exact) mass is 300 g/mol. The van der Waals surface area contributed by atoms with Crippen LogP contribution < -0.4 is 5.73 Å². The number of aliphatic hydroxyl groups is 1. The summed E-state index contributed by atoms with van der Waals surface area (Å²) in [7, 11) is 1.62. The van der Waals surface area contributed by atoms with Crippen LogP contribution in [0.3, 0.4) is 0 Å². The summed E-state index contributed by atoms with van der Waals surface area (Å²) < 4.78 is 7.26. The Morgan fingerprint density at radius 2 is 2.00 bits per heavy atom. The topological polar surface area (TPSA) is 86.2 Å². The predicted molar refractivity (Wildman–Crippen MR) is 86.6 cm³/mol. The summed E-state index contributed by atoms with van der Waals surface area (Å²) in [5.41, 5.74) is 8.45. The molecule has 1 aromatic carbocycles. The molecule has 0 saturated heterocycles. The Bertz CT molecular complexity index is 826. The molecule has 0 radical (unpaired) electrons. The van der Waals surface area contributed by atoms with Crippen LogP contribution in [0.1, 0.15) is 25.7 Å². The molecular formula is C16H20N4O2. The normalized spacial score (nSPS) is 14.5. The zero-order valence-electron chi connectivity index (χ0n) is 12.9. The number of para-hydroxylation sites is 1. The van der Waals surface area contributed by atoms with Gasteiger partial charge in [0.1, 0.15) is 17.9 Å². The van der Waals surface area contributed by atoms with Gasteiger partial charge in [0.2, 0.25) is 0 Å². The molecule has 2 aromatic heterocycles. The number of hydrogen-bond acceptors (Lipinski definition) is 5. The number of hydrogen-bond donors (Lipinski definition) is 2. The summed E-state index contributed by atoms with van der Waals surface area (Å²) in [6, 6.07) is 7.65. The molecule has 0 saturated carbocycles. The van der Waals surface area contributed by atoms with Gasteiger partial charge in [-0.15, -0.1) is 0 Å². The van der Waals surface area contributed by atoms with Crippen molar-refractivity contribution in [3.8, 4) is 0 Å². The number of nitrogens with two attached hydrogens (primary N) is 1. The summed E-state index contributed by atoms with van der Waals surface area (Å²) in [6.07, 6.45) is -0.527. The molecule has 3 aromatic rings. The van der Waals surface area contributed by atoms with Crippen molar-refractivity contribution >= 4 is 27.8 Å². The van der Waals surface area contributed by atoms with Gasteiger partial charge in [-0.3, -0.25) is 0 Å². The van der Waals surface area contributed by atoms with Gasteiger partial charge >= 0.3 is 0 Å². The number of fused-ring (bicyclic) bond motifs is 3. The Labute approximate surface area is 128 Å². The molecule has 0 fully saturated rings. The Hall–Kier alpha value is -2.18. The first-order chi connectivity index (χ1) is 10.5. The van der Waals surface area contributed by atoms with Crippen LogP contribution in [0.25, 0.3) is 21.9 Å². The molecule has 3 N–H and O–H groups in total. The maximum Gasteiger partial charge on any atom is 0.152 e. The number of nitrogens with zero attached hydrogens (tertiary/aromatic N) is 3. The van der Waals surface area contributed by atoms with Crippen LogP contribution in [-0.4, -0.2) is 32.9 Å². The number of pyridine rings is 1. The molecule has 6 nitrogen and oxygen atoms in total. The van der Waals surface area contributed by atoms with Crippen LogP contribution in [0, 0.1) is 0 Å². The quantitative estimate of drug-likeness (QED) is 0.772. The third kappa shape index (κ3) is 2.20. The maximum atomic E-state index is 10.0. The van der Waals surface area contributed by atoms with E-state index in [1.54, 1.807) is 14.0 Å². The molecule has 2 atom stereocenters. The van der Waals surface area contributed by atoms with Crippen molar-refractivity contribution in [1.29, 1.82) is 0 Å². The molecule has 2 unspecified atom stereocenters. The first-order valence-corrected chi connectivity index (χ1v) is 7.26. The van der Waals surface area contributed by atoms with Gasteiger partial charge in [-0.2, -0.15) is 0 Å². The van der Waals surface area contributed by atoms with Crippen molar-refractivity contribution in [3.05, 3.63) is 30.1 Å². The third-order valence-corrected chi connectivity index (χ3v) is 4.01. The van der Waals surface area contributed by atoms with Crippen LogP contribution >= 0.6 is 0 Å². The van der Waals surface area contributed by atoms with E-state index in [9.17, 15) is 5.11 Å². The molecule has 0 amide bonds. The van der Waals surface area contributed by atoms with E-state index >= 15 is 0 Å². The molecule has 3 rings (SSSR count). The maximum absolute atomic E-state index is 10.0. The lowest BCUT2D eigenvalue weighted by atomic mass is 10.1. The van der Waals surface area contributed by atoms with Gasteiger partial charge in [-0.1, -0.05) is 18.2 Å². The minimum atomic E-state index is -0.527. The van der Waals surface area contributed by atoms with Crippen molar-refractivity contribution in [2.45, 2.75) is 32.6 Å². The van der Waals surface area contributed by atoms with E-state index in [-0.39, 0.29) is 6.04 Å². The number of ether oxygens (including phenoxy) is 1. The number of aromatic nitrogens is 3. The highest BCUT2D eigenvalue weighted by molar-refractivity contribution is 6.06. The van der Waals surface area contributed by atoms with Crippen LogP contribution in [-0.2, 0) is 11.3 Å². The van der Waals surface area contributed by atoms with Crippen molar-refractivity contribution in [1.82, 2.24) is 14.5 Å². The summed E-state index contributed by atoms with van der Waals surface area (Å²) >= 11 is 0. The zero-order chi connectivity index (χ0) is 15.9. The fourth-order valence-electron chi connectivity index (χ4n) is 2.75. The van der Waals surface area contributed by atoms with Crippen molar-refractivity contribution in [3.63, 3.8) is 0 Å². The number of aliphatic hydroxyl groups excluding tert-OH is 1. The van der Waals surface area contributed by atoms with Crippen molar-refractivity contribution in [2.24, 2.45) is 0 Å². The highest BCUT2D eigenvalue weighted by Gasteiger charge is 2.22. The lowest BCUT2D eigenvalue weighted by Gasteiger charge is -2.20. The summed E-state index contributed by atoms with van der Waals surface area (Å²) in [6.45, 7) is 4.07. The second-order valence-electron chi connectivity index (χ2n) is 5.52. The highest BCUT2D eigenvalue weighted by atomic mass is 16.5. The van der Waals surface area contributed by atoms with E-state index < -0.39 is 6.10 Å². The molecular weight excluding hydrogens is 280 g/mol. The second-order valence-corrected chi connectivity index (χ2v) is 5.52. The van der Waals surface area contributed by atoms with Gasteiger partial charge < -0.3 is 20.1 Å². The standard InChI is InChI=1S/C16H20N4O2/c1-9(10(2)21)20-13(8-22-3)19-14-15(20)11-6-4-5-7-12(11)18-16(14)17/h4-7,9-10,21H,8H2,1-3H3,(H2,17,18). The molecule has 22 heavy (non-hydrogen) atoms. The molecule has 0 aliphatic heterocycles. The Morgan fingerprint density at radius 1 is 1.27 bits per heavy atom. The number of anilines is 1. The molecule has 0 aliphatic rings. The van der Waals surface area contributed by atoms with Crippen LogP contribution in [0.4, 0.5) is 5.82 Å². The number of benzene rings is 1. The number of rotatable bonds is 4. The van der Waals surface area contributed by atoms with Gasteiger partial charge in [0.15, 0.2) is 5.82 Å². The predicted octanol–water partition coefficient (Wildman–Crippen LogP) is 2.25. The van der Waals surface area contributed by atoms with Crippen molar-refractivity contribution < 1.29 is 9.84 Å². The Kier molecular flexibility index (Phi) is 3.72. The van der Waals surface area contributed by atoms with E-state index in [0.717, 1.165) is 22.2 Å². The van der Waals surface area contributed by atoms with Crippen molar-refractivity contribution in [2.75, 3.05) is 12.8 Å². The van der Waals surface area contributed by atoms with Crippen LogP contribution in [0.2, 0.25) is 0 Å². The molecule has 0 spiro atoms. The third-order valence-electron chi connectivity index (χ3n) is 4.01. The van der Waals surface area contributed by atoms with E-state index in [2.05, 4.69) is 9.97 Å². The fraction of sp³-hybridized carbons (Fsp3) is 0.375. The number of nitrogen functional groups attached to an aromatic ring is 1. The number of methoxy groups -OCH3 is 1. The second kappa shape index (κ2) is 5.55. The Morgan fingerprint density at radius 3 is 2.68 bits per heavy atom.